The number of nitrogens with zero attached hydrogens (tertiary/aromatic N) is 2. The van der Waals surface area contributed by atoms with Crippen LogP contribution in [0, 0.1) is 0 Å². The highest BCUT2D eigenvalue weighted by Gasteiger charge is 2.16. The molecule has 3 heteroatoms. The van der Waals surface area contributed by atoms with E-state index >= 15 is 0 Å². The molecule has 0 bridgehead atoms. The molecule has 0 aromatic heterocycles. The van der Waals surface area contributed by atoms with Crippen LogP contribution in [0.4, 0.5) is 0 Å². The normalized spacial score (nSPS) is 10.9. The van der Waals surface area contributed by atoms with Gasteiger partial charge in [-0.05, 0) is 17.5 Å². The predicted octanol–water partition coefficient (Wildman–Crippen LogP) is 1.36. The summed E-state index contributed by atoms with van der Waals surface area (Å²) >= 11 is 0. The molecule has 0 amide bonds. The zero-order valence-corrected chi connectivity index (χ0v) is 7.77. The molecular formula is C12H6N2O. The summed E-state index contributed by atoms with van der Waals surface area (Å²) < 4.78 is 0. The van der Waals surface area contributed by atoms with E-state index in [4.69, 9.17) is 5.53 Å². The van der Waals surface area contributed by atoms with E-state index in [0.29, 0.717) is 10.8 Å². The van der Waals surface area contributed by atoms with Crippen LogP contribution >= 0.6 is 0 Å². The van der Waals surface area contributed by atoms with Crippen LogP contribution in [0.2, 0.25) is 0 Å². The first-order valence-electron chi connectivity index (χ1n) is 4.62. The quantitative estimate of drug-likeness (QED) is 0.393. The Bertz CT molecular complexity index is 788. The molecular weight excluding hydrogens is 188 g/mol. The third-order valence-corrected chi connectivity index (χ3v) is 2.72. The molecule has 0 aliphatic carbocycles. The fraction of sp³-hybridized carbons (Fsp3) is 0. The van der Waals surface area contributed by atoms with Crippen molar-refractivity contribution in [3.8, 4) is 0 Å². The lowest BCUT2D eigenvalue weighted by Gasteiger charge is -1.77. The topological polar surface area (TPSA) is 53.5 Å². The molecule has 3 rings (SSSR count). The summed E-state index contributed by atoms with van der Waals surface area (Å²) in [6.07, 6.45) is 0. The zero-order valence-electron chi connectivity index (χ0n) is 7.77. The molecule has 15 heavy (non-hydrogen) atoms. The molecule has 0 saturated carbocycles. The molecule has 0 aliphatic rings. The highest BCUT2D eigenvalue weighted by Crippen LogP contribution is 2.22. The van der Waals surface area contributed by atoms with Crippen LogP contribution in [0.1, 0.15) is 0 Å². The summed E-state index contributed by atoms with van der Waals surface area (Å²) in [7, 11) is 0. The summed E-state index contributed by atoms with van der Waals surface area (Å²) in [6.45, 7) is 0. The van der Waals surface area contributed by atoms with E-state index in [0.717, 1.165) is 10.8 Å². The molecule has 70 valence electrons. The summed E-state index contributed by atoms with van der Waals surface area (Å²) in [5.74, 6) is 0. The zero-order chi connectivity index (χ0) is 10.4. The molecule has 0 N–H and O–H groups in total. The van der Waals surface area contributed by atoms with Crippen LogP contribution in [-0.4, -0.2) is 4.79 Å². The lowest BCUT2D eigenvalue weighted by molar-refractivity contribution is -0.0637. The van der Waals surface area contributed by atoms with Crippen LogP contribution in [0.15, 0.2) is 41.2 Å². The second-order valence-electron chi connectivity index (χ2n) is 3.49. The molecule has 3 aromatic rings. The summed E-state index contributed by atoms with van der Waals surface area (Å²) in [5.41, 5.74) is 8.63. The minimum Gasteiger partial charge on any atom is -0.361 e. The van der Waals surface area contributed by atoms with Crippen molar-refractivity contribution in [3.63, 3.8) is 0 Å². The molecule has 3 aromatic carbocycles. The molecule has 0 atom stereocenters. The Morgan fingerprint density at radius 2 is 1.80 bits per heavy atom. The van der Waals surface area contributed by atoms with E-state index in [9.17, 15) is 4.79 Å². The van der Waals surface area contributed by atoms with E-state index < -0.39 is 0 Å². The summed E-state index contributed by atoms with van der Waals surface area (Å²) in [4.78, 5) is 14.9. The van der Waals surface area contributed by atoms with Gasteiger partial charge in [0.25, 0.3) is 5.43 Å². The van der Waals surface area contributed by atoms with Crippen LogP contribution in [-0.2, 0) is 0 Å². The Hall–Kier alpha value is -2.25. The van der Waals surface area contributed by atoms with Gasteiger partial charge >= 0.3 is 5.36 Å². The van der Waals surface area contributed by atoms with Crippen molar-refractivity contribution in [1.29, 1.82) is 0 Å². The van der Waals surface area contributed by atoms with Gasteiger partial charge in [-0.15, -0.1) is 0 Å². The van der Waals surface area contributed by atoms with Gasteiger partial charge in [-0.2, -0.15) is 4.79 Å². The van der Waals surface area contributed by atoms with E-state index in [1.54, 1.807) is 12.1 Å². The Kier molecular flexibility index (Phi) is 1.42. The number of hydrogen-bond acceptors (Lipinski definition) is 1. The lowest BCUT2D eigenvalue weighted by Crippen LogP contribution is -2.20. The Morgan fingerprint density at radius 1 is 1.00 bits per heavy atom. The first kappa shape index (κ1) is 8.09. The summed E-state index contributed by atoms with van der Waals surface area (Å²) in [5, 5.41) is 3.36. The van der Waals surface area contributed by atoms with Crippen LogP contribution < -0.4 is 10.8 Å². The maximum atomic E-state index is 11.8. The van der Waals surface area contributed by atoms with Crippen molar-refractivity contribution in [1.82, 2.24) is 0 Å². The maximum Gasteiger partial charge on any atom is 0.370 e. The van der Waals surface area contributed by atoms with E-state index in [1.807, 2.05) is 24.3 Å². The van der Waals surface area contributed by atoms with E-state index in [-0.39, 0.29) is 10.8 Å². The van der Waals surface area contributed by atoms with Gasteiger partial charge < -0.3 is 5.53 Å². The third kappa shape index (κ3) is 0.874. The van der Waals surface area contributed by atoms with Crippen molar-refractivity contribution in [3.05, 3.63) is 57.5 Å². The van der Waals surface area contributed by atoms with Gasteiger partial charge in [0, 0.05) is 10.8 Å². The lowest BCUT2D eigenvalue weighted by atomic mass is 10.2. The van der Waals surface area contributed by atoms with Gasteiger partial charge in [0.05, 0.1) is 5.39 Å². The smallest absolute Gasteiger partial charge is 0.361 e. The first-order valence-corrected chi connectivity index (χ1v) is 4.62. The van der Waals surface area contributed by atoms with Crippen molar-refractivity contribution >= 4 is 21.5 Å². The molecule has 0 heterocycles. The van der Waals surface area contributed by atoms with Crippen LogP contribution in [0.25, 0.3) is 27.1 Å². The SMILES string of the molecule is [N-]=[N+]=c1c(=O)c2ccc3ccccc1c32. The van der Waals surface area contributed by atoms with Crippen LogP contribution in [0.5, 0.6) is 0 Å². The average molecular weight is 194 g/mol. The molecule has 0 spiro atoms. The van der Waals surface area contributed by atoms with Gasteiger partial charge in [0.2, 0.25) is 0 Å². The van der Waals surface area contributed by atoms with E-state index in [2.05, 4.69) is 4.79 Å². The van der Waals surface area contributed by atoms with Crippen molar-refractivity contribution in [2.45, 2.75) is 0 Å². The average Bonchev–Trinajstić information content (AvgIpc) is 2.68. The standard InChI is InChI=1S/C12H6N2O/c13-14-11-8-4-2-1-3-7-5-6-9(10(7)8)12(11)15/h1-6H. The maximum absolute atomic E-state index is 11.8. The third-order valence-electron chi connectivity index (χ3n) is 2.72. The highest BCUT2D eigenvalue weighted by atomic mass is 16.1. The minimum absolute atomic E-state index is 0.141. The summed E-state index contributed by atoms with van der Waals surface area (Å²) in [6, 6.07) is 11.2. The van der Waals surface area contributed by atoms with Gasteiger partial charge in [-0.25, -0.2) is 0 Å². The second kappa shape index (κ2) is 2.62. The fourth-order valence-corrected chi connectivity index (χ4v) is 2.06. The fourth-order valence-electron chi connectivity index (χ4n) is 2.06. The number of rotatable bonds is 0. The molecule has 0 radical (unpaired) electrons. The van der Waals surface area contributed by atoms with Crippen molar-refractivity contribution < 1.29 is 4.79 Å². The molecule has 0 saturated heterocycles. The molecule has 0 aliphatic heterocycles. The highest BCUT2D eigenvalue weighted by molar-refractivity contribution is 6.12. The largest absolute Gasteiger partial charge is 0.370 e. The Labute approximate surface area is 84.5 Å². The van der Waals surface area contributed by atoms with Gasteiger partial charge in [0.15, 0.2) is 0 Å². The van der Waals surface area contributed by atoms with Gasteiger partial charge in [-0.3, -0.25) is 4.79 Å². The Morgan fingerprint density at radius 3 is 2.60 bits per heavy atom. The monoisotopic (exact) mass is 194 g/mol. The second-order valence-corrected chi connectivity index (χ2v) is 3.49. The molecule has 0 fully saturated rings. The minimum atomic E-state index is -0.200. The Balaban J connectivity index is 2.94. The number of hydrogen-bond donors (Lipinski definition) is 0. The van der Waals surface area contributed by atoms with Gasteiger partial charge in [0.1, 0.15) is 0 Å². The molecule has 0 unspecified atom stereocenters. The van der Waals surface area contributed by atoms with E-state index in [1.165, 1.54) is 0 Å². The predicted molar refractivity (Wildman–Crippen MR) is 56.9 cm³/mol. The van der Waals surface area contributed by atoms with Gasteiger partial charge in [-0.1, -0.05) is 24.3 Å². The first-order chi connectivity index (χ1) is 7.33. The van der Waals surface area contributed by atoms with Crippen LogP contribution in [0.3, 0.4) is 0 Å². The van der Waals surface area contributed by atoms with Crippen molar-refractivity contribution in [2.24, 2.45) is 0 Å². The van der Waals surface area contributed by atoms with Crippen molar-refractivity contribution in [2.75, 3.05) is 0 Å². The molecule has 3 nitrogen and oxygen atoms in total.